The van der Waals surface area contributed by atoms with Crippen molar-refractivity contribution in [1.82, 2.24) is 0 Å². The molecule has 0 aliphatic carbocycles. The maximum absolute atomic E-state index is 2.32. The number of benzene rings is 9. The molecule has 392 valence electrons. The highest BCUT2D eigenvalue weighted by Gasteiger charge is 2.17. The summed E-state index contributed by atoms with van der Waals surface area (Å²) in [5.41, 5.74) is 16.8. The molecule has 0 aliphatic heterocycles. The van der Waals surface area contributed by atoms with Crippen LogP contribution in [-0.4, -0.2) is 0 Å². The van der Waals surface area contributed by atoms with Crippen LogP contribution in [-0.2, 0) is 0 Å². The number of rotatable bonds is 9. The number of aryl methyl sites for hydroxylation is 2. The molecule has 0 bridgehead atoms. The highest BCUT2D eigenvalue weighted by molar-refractivity contribution is 5.88. The summed E-state index contributed by atoms with van der Waals surface area (Å²) < 4.78 is 0. The van der Waals surface area contributed by atoms with E-state index in [1.807, 2.05) is 111 Å². The van der Waals surface area contributed by atoms with Gasteiger partial charge in [0.2, 0.25) is 0 Å². The summed E-state index contributed by atoms with van der Waals surface area (Å²) in [6.45, 7) is 36.2. The first-order valence-corrected chi connectivity index (χ1v) is 27.8. The average Bonchev–Trinajstić information content (AvgIpc) is 3.52. The Bertz CT molecular complexity index is 2540. The van der Waals surface area contributed by atoms with Crippen LogP contribution in [0.2, 0.25) is 0 Å². The van der Waals surface area contributed by atoms with E-state index in [2.05, 4.69) is 266 Å². The molecular formula is C72H94N2. The van der Waals surface area contributed by atoms with E-state index in [4.69, 9.17) is 0 Å². The summed E-state index contributed by atoms with van der Waals surface area (Å²) in [5.74, 6) is 0. The van der Waals surface area contributed by atoms with Crippen molar-refractivity contribution in [1.29, 1.82) is 0 Å². The van der Waals surface area contributed by atoms with Crippen LogP contribution in [0.5, 0.6) is 0 Å². The van der Waals surface area contributed by atoms with Gasteiger partial charge >= 0.3 is 0 Å². The fourth-order valence-electron chi connectivity index (χ4n) is 7.24. The van der Waals surface area contributed by atoms with Crippen molar-refractivity contribution in [3.63, 3.8) is 0 Å². The fourth-order valence-corrected chi connectivity index (χ4v) is 7.24. The molecule has 0 radical (unpaired) electrons. The van der Waals surface area contributed by atoms with E-state index in [0.29, 0.717) is 0 Å². The smallest absolute Gasteiger partial charge is 0.0540 e. The first kappa shape index (κ1) is 66.6. The molecule has 0 N–H and O–H groups in total. The Labute approximate surface area is 453 Å². The molecule has 0 spiro atoms. The molecular weight excluding hydrogens is 893 g/mol. The van der Waals surface area contributed by atoms with Crippen molar-refractivity contribution in [2.24, 2.45) is 0 Å². The zero-order chi connectivity index (χ0) is 55.5. The van der Waals surface area contributed by atoms with Crippen molar-refractivity contribution in [3.8, 4) is 33.4 Å². The van der Waals surface area contributed by atoms with Crippen LogP contribution in [0.15, 0.2) is 243 Å². The molecule has 0 atom stereocenters. The van der Waals surface area contributed by atoms with Crippen molar-refractivity contribution in [2.75, 3.05) is 9.80 Å². The Hall–Kier alpha value is -7.42. The van der Waals surface area contributed by atoms with Gasteiger partial charge in [0.15, 0.2) is 0 Å². The molecule has 0 heterocycles. The third-order valence-corrected chi connectivity index (χ3v) is 10.3. The van der Waals surface area contributed by atoms with Crippen LogP contribution in [0.4, 0.5) is 34.1 Å². The van der Waals surface area contributed by atoms with Crippen molar-refractivity contribution < 1.29 is 0 Å². The number of hydrogen-bond donors (Lipinski definition) is 0. The predicted octanol–water partition coefficient (Wildman–Crippen LogP) is 24.1. The Morgan fingerprint density at radius 1 is 0.189 bits per heavy atom. The Morgan fingerprint density at radius 2 is 0.419 bits per heavy atom. The van der Waals surface area contributed by atoms with Gasteiger partial charge in [-0.15, -0.1) is 0 Å². The summed E-state index contributed by atoms with van der Waals surface area (Å²) in [5, 5.41) is 0. The standard InChI is InChI=1S/C31H25N.C25H21N.8C2H6/c1-24-12-18-29(19-13-24)32(30-20-14-27(15-21-30)25-8-4-2-5-9-25)31-22-16-28(17-23-31)26-10-6-3-7-11-26;1-20-16-18-23(19-17-20)26(22-12-6-3-7-13-22)25-15-9-8-14-24(25)21-10-4-2-5-11-21;8*1-2/h2-23H,1H3;2-19H,1H3;8*1-2H3. The molecule has 0 saturated heterocycles. The van der Waals surface area contributed by atoms with Crippen LogP contribution in [0, 0.1) is 13.8 Å². The SMILES string of the molecule is CC.CC.CC.CC.CC.CC.CC.CC.Cc1ccc(N(c2ccc(-c3ccccc3)cc2)c2ccc(-c3ccccc3)cc2)cc1.Cc1ccc(N(c2ccccc2)c2ccccc2-c2ccccc2)cc1. The summed E-state index contributed by atoms with van der Waals surface area (Å²) in [7, 11) is 0. The van der Waals surface area contributed by atoms with Crippen molar-refractivity contribution >= 4 is 34.1 Å². The van der Waals surface area contributed by atoms with Crippen LogP contribution < -0.4 is 9.80 Å². The minimum Gasteiger partial charge on any atom is -0.311 e. The molecule has 9 rings (SSSR count). The first-order valence-electron chi connectivity index (χ1n) is 27.8. The largest absolute Gasteiger partial charge is 0.311 e. The average molecular weight is 988 g/mol. The maximum atomic E-state index is 2.32. The lowest BCUT2D eigenvalue weighted by Gasteiger charge is -2.28. The third kappa shape index (κ3) is 21.0. The summed E-state index contributed by atoms with van der Waals surface area (Å²) in [6.07, 6.45) is 0. The lowest BCUT2D eigenvalue weighted by molar-refractivity contribution is 1.27. The van der Waals surface area contributed by atoms with Gasteiger partial charge in [0.25, 0.3) is 0 Å². The maximum Gasteiger partial charge on any atom is 0.0540 e. The summed E-state index contributed by atoms with van der Waals surface area (Å²) in [6, 6.07) is 85.7. The molecule has 0 unspecified atom stereocenters. The normalized spacial score (nSPS) is 8.95. The second-order valence-corrected chi connectivity index (χ2v) is 14.4. The van der Waals surface area contributed by atoms with Crippen LogP contribution in [0.25, 0.3) is 33.4 Å². The highest BCUT2D eigenvalue weighted by Crippen LogP contribution is 2.41. The zero-order valence-corrected chi connectivity index (χ0v) is 49.0. The molecule has 9 aromatic rings. The van der Waals surface area contributed by atoms with Gasteiger partial charge in [-0.2, -0.15) is 0 Å². The second-order valence-electron chi connectivity index (χ2n) is 14.4. The topological polar surface area (TPSA) is 6.48 Å². The lowest BCUT2D eigenvalue weighted by Crippen LogP contribution is -2.11. The minimum absolute atomic E-state index is 1.14. The van der Waals surface area contributed by atoms with Gasteiger partial charge in [-0.05, 0) is 108 Å². The zero-order valence-electron chi connectivity index (χ0n) is 49.0. The van der Waals surface area contributed by atoms with Gasteiger partial charge in [-0.1, -0.05) is 298 Å². The molecule has 0 aliphatic rings. The van der Waals surface area contributed by atoms with Gasteiger partial charge < -0.3 is 9.80 Å². The number of nitrogens with zero attached hydrogens (tertiary/aromatic N) is 2. The molecule has 0 fully saturated rings. The van der Waals surface area contributed by atoms with Crippen LogP contribution in [0.3, 0.4) is 0 Å². The Morgan fingerprint density at radius 3 is 0.757 bits per heavy atom. The summed E-state index contributed by atoms with van der Waals surface area (Å²) >= 11 is 0. The van der Waals surface area contributed by atoms with E-state index >= 15 is 0 Å². The van der Waals surface area contributed by atoms with Crippen LogP contribution in [0.1, 0.15) is 122 Å². The quantitative estimate of drug-likeness (QED) is 0.142. The Kier molecular flexibility index (Phi) is 37.9. The first-order chi connectivity index (χ1) is 36.6. The molecule has 2 heteroatoms. The molecule has 0 saturated carbocycles. The monoisotopic (exact) mass is 987 g/mol. The van der Waals surface area contributed by atoms with Gasteiger partial charge in [-0.3, -0.25) is 0 Å². The van der Waals surface area contributed by atoms with E-state index < -0.39 is 0 Å². The van der Waals surface area contributed by atoms with E-state index in [9.17, 15) is 0 Å². The van der Waals surface area contributed by atoms with E-state index in [0.717, 1.165) is 28.4 Å². The third-order valence-electron chi connectivity index (χ3n) is 10.3. The molecule has 0 aromatic heterocycles. The van der Waals surface area contributed by atoms with E-state index in [1.165, 1.54) is 50.2 Å². The van der Waals surface area contributed by atoms with Gasteiger partial charge in [0.1, 0.15) is 0 Å². The molecule has 2 nitrogen and oxygen atoms in total. The fraction of sp³-hybridized carbons (Fsp3) is 0.250. The Balaban J connectivity index is 0.00000115. The molecule has 0 amide bonds. The minimum atomic E-state index is 1.14. The number of hydrogen-bond acceptors (Lipinski definition) is 2. The second kappa shape index (κ2) is 42.1. The highest BCUT2D eigenvalue weighted by atomic mass is 15.1. The van der Waals surface area contributed by atoms with Crippen molar-refractivity contribution in [3.05, 3.63) is 254 Å². The molecule has 9 aromatic carbocycles. The van der Waals surface area contributed by atoms with Crippen LogP contribution >= 0.6 is 0 Å². The van der Waals surface area contributed by atoms with E-state index in [1.54, 1.807) is 0 Å². The van der Waals surface area contributed by atoms with Gasteiger partial charge in [0.05, 0.1) is 5.69 Å². The van der Waals surface area contributed by atoms with Crippen molar-refractivity contribution in [2.45, 2.75) is 125 Å². The van der Waals surface area contributed by atoms with Gasteiger partial charge in [-0.25, -0.2) is 0 Å². The summed E-state index contributed by atoms with van der Waals surface area (Å²) in [4.78, 5) is 4.63. The predicted molar refractivity (Wildman–Crippen MR) is 339 cm³/mol. The molecule has 74 heavy (non-hydrogen) atoms. The van der Waals surface area contributed by atoms with E-state index in [-0.39, 0.29) is 0 Å². The van der Waals surface area contributed by atoms with Gasteiger partial charge in [0, 0.05) is 34.0 Å². The number of para-hydroxylation sites is 2. The lowest BCUT2D eigenvalue weighted by atomic mass is 10.0. The number of anilines is 6.